The van der Waals surface area contributed by atoms with Crippen molar-refractivity contribution in [3.05, 3.63) is 84.2 Å². The Labute approximate surface area is 171 Å². The van der Waals surface area contributed by atoms with Gasteiger partial charge in [-0.05, 0) is 36.4 Å². The number of hydrogen-bond acceptors (Lipinski definition) is 7. The molecule has 2 aromatic carbocycles. The van der Waals surface area contributed by atoms with Crippen molar-refractivity contribution in [1.29, 1.82) is 0 Å². The lowest BCUT2D eigenvalue weighted by Gasteiger charge is -2.09. The van der Waals surface area contributed by atoms with E-state index in [0.717, 1.165) is 11.3 Å². The Hall–Kier alpha value is -3.78. The largest absolute Gasteiger partial charge is 0.508 e. The molecule has 1 amide bonds. The fourth-order valence-corrected chi connectivity index (χ4v) is 3.41. The molecular weight excluding hydrogens is 386 g/mol. The topological polar surface area (TPSA) is 100 Å². The second-order valence-electron chi connectivity index (χ2n) is 6.17. The maximum Gasteiger partial charge on any atom is 0.257 e. The van der Waals surface area contributed by atoms with E-state index >= 15 is 0 Å². The first-order valence-corrected chi connectivity index (χ1v) is 9.67. The summed E-state index contributed by atoms with van der Waals surface area (Å²) in [6, 6.07) is 18.2. The molecule has 0 atom stereocenters. The Morgan fingerprint density at radius 3 is 2.55 bits per heavy atom. The molecule has 29 heavy (non-hydrogen) atoms. The average Bonchev–Trinajstić information content (AvgIpc) is 3.22. The SMILES string of the molecule is O=C(Nc1nnc(-c2ccncc2)s1)c1ccc(CNc2ccccc2)c(O)c1. The van der Waals surface area contributed by atoms with Gasteiger partial charge in [-0.2, -0.15) is 0 Å². The number of nitrogens with zero attached hydrogens (tertiary/aromatic N) is 3. The van der Waals surface area contributed by atoms with E-state index < -0.39 is 0 Å². The predicted octanol–water partition coefficient (Wildman–Crippen LogP) is 4.17. The van der Waals surface area contributed by atoms with Crippen molar-refractivity contribution in [3.63, 3.8) is 0 Å². The zero-order chi connectivity index (χ0) is 20.1. The number of benzene rings is 2. The van der Waals surface area contributed by atoms with Crippen molar-refractivity contribution in [1.82, 2.24) is 15.2 Å². The highest BCUT2D eigenvalue weighted by molar-refractivity contribution is 7.18. The number of hydrogen-bond donors (Lipinski definition) is 3. The van der Waals surface area contributed by atoms with Gasteiger partial charge in [0.05, 0.1) is 0 Å². The second kappa shape index (κ2) is 8.49. The van der Waals surface area contributed by atoms with Crippen LogP contribution in [-0.4, -0.2) is 26.2 Å². The zero-order valence-corrected chi connectivity index (χ0v) is 16.1. The van der Waals surface area contributed by atoms with Gasteiger partial charge >= 0.3 is 0 Å². The van der Waals surface area contributed by atoms with E-state index in [1.54, 1.807) is 24.5 Å². The van der Waals surface area contributed by atoms with Gasteiger partial charge in [-0.3, -0.25) is 15.1 Å². The predicted molar refractivity (Wildman–Crippen MR) is 113 cm³/mol. The van der Waals surface area contributed by atoms with Gasteiger partial charge in [0.25, 0.3) is 5.91 Å². The van der Waals surface area contributed by atoms with Crippen LogP contribution >= 0.6 is 11.3 Å². The smallest absolute Gasteiger partial charge is 0.257 e. The first-order valence-electron chi connectivity index (χ1n) is 8.85. The van der Waals surface area contributed by atoms with E-state index in [1.807, 2.05) is 42.5 Å². The van der Waals surface area contributed by atoms with E-state index in [1.165, 1.54) is 17.4 Å². The molecule has 0 aliphatic carbocycles. The zero-order valence-electron chi connectivity index (χ0n) is 15.2. The first-order chi connectivity index (χ1) is 14.2. The van der Waals surface area contributed by atoms with Gasteiger partial charge in [0.15, 0.2) is 0 Å². The molecule has 2 heterocycles. The van der Waals surface area contributed by atoms with Crippen LogP contribution in [-0.2, 0) is 6.54 Å². The molecule has 0 aliphatic heterocycles. The summed E-state index contributed by atoms with van der Waals surface area (Å²) in [5.41, 5.74) is 2.87. The number of phenols is 1. The number of aromatic nitrogens is 3. The Kier molecular flexibility index (Phi) is 5.44. The highest BCUT2D eigenvalue weighted by atomic mass is 32.1. The van der Waals surface area contributed by atoms with E-state index in [9.17, 15) is 9.90 Å². The highest BCUT2D eigenvalue weighted by Crippen LogP contribution is 2.26. The van der Waals surface area contributed by atoms with Gasteiger partial charge < -0.3 is 10.4 Å². The molecule has 0 unspecified atom stereocenters. The molecule has 8 heteroatoms. The number of pyridine rings is 1. The van der Waals surface area contributed by atoms with Crippen LogP contribution in [0.4, 0.5) is 10.8 Å². The molecule has 0 saturated heterocycles. The number of amides is 1. The van der Waals surface area contributed by atoms with Gasteiger partial charge in [-0.25, -0.2) is 0 Å². The lowest BCUT2D eigenvalue weighted by molar-refractivity contribution is 0.102. The number of para-hydroxylation sites is 1. The fourth-order valence-electron chi connectivity index (χ4n) is 2.66. The van der Waals surface area contributed by atoms with Crippen molar-refractivity contribution in [2.24, 2.45) is 0 Å². The van der Waals surface area contributed by atoms with Crippen molar-refractivity contribution in [2.45, 2.75) is 6.54 Å². The van der Waals surface area contributed by atoms with Gasteiger partial charge in [0, 0.05) is 41.3 Å². The third kappa shape index (κ3) is 4.56. The summed E-state index contributed by atoms with van der Waals surface area (Å²) in [6.07, 6.45) is 3.35. The molecule has 4 aromatic rings. The quantitative estimate of drug-likeness (QED) is 0.447. The van der Waals surface area contributed by atoms with E-state index in [2.05, 4.69) is 25.8 Å². The number of carbonyl (C=O) groups is 1. The van der Waals surface area contributed by atoms with Crippen LogP contribution < -0.4 is 10.6 Å². The number of carbonyl (C=O) groups excluding carboxylic acids is 1. The summed E-state index contributed by atoms with van der Waals surface area (Å²) in [4.78, 5) is 16.5. The second-order valence-corrected chi connectivity index (χ2v) is 7.14. The molecule has 2 aromatic heterocycles. The number of anilines is 2. The third-order valence-electron chi connectivity index (χ3n) is 4.18. The fraction of sp³-hybridized carbons (Fsp3) is 0.0476. The summed E-state index contributed by atoms with van der Waals surface area (Å²) in [7, 11) is 0. The van der Waals surface area contributed by atoms with Crippen LogP contribution in [0.1, 0.15) is 15.9 Å². The van der Waals surface area contributed by atoms with Crippen molar-refractivity contribution < 1.29 is 9.90 Å². The van der Waals surface area contributed by atoms with Crippen LogP contribution in [0.5, 0.6) is 5.75 Å². The normalized spacial score (nSPS) is 10.5. The van der Waals surface area contributed by atoms with Gasteiger partial charge in [-0.15, -0.1) is 10.2 Å². The van der Waals surface area contributed by atoms with Crippen molar-refractivity contribution in [2.75, 3.05) is 10.6 Å². The minimum atomic E-state index is -0.361. The Morgan fingerprint density at radius 2 is 1.79 bits per heavy atom. The molecule has 0 radical (unpaired) electrons. The summed E-state index contributed by atoms with van der Waals surface area (Å²) in [5.74, 6) is -0.309. The van der Waals surface area contributed by atoms with E-state index in [-0.39, 0.29) is 11.7 Å². The molecule has 7 nitrogen and oxygen atoms in total. The molecule has 0 bridgehead atoms. The van der Waals surface area contributed by atoms with Crippen LogP contribution in [0.3, 0.4) is 0 Å². The maximum atomic E-state index is 12.5. The van der Waals surface area contributed by atoms with Crippen LogP contribution in [0.2, 0.25) is 0 Å². The van der Waals surface area contributed by atoms with Gasteiger partial charge in [0.2, 0.25) is 5.13 Å². The molecule has 0 aliphatic rings. The molecule has 3 N–H and O–H groups in total. The third-order valence-corrected chi connectivity index (χ3v) is 5.06. The van der Waals surface area contributed by atoms with Crippen LogP contribution in [0.25, 0.3) is 10.6 Å². The van der Waals surface area contributed by atoms with Gasteiger partial charge in [0.1, 0.15) is 10.8 Å². The molecule has 4 rings (SSSR count). The number of rotatable bonds is 6. The van der Waals surface area contributed by atoms with Crippen LogP contribution in [0, 0.1) is 0 Å². The molecule has 0 fully saturated rings. The summed E-state index contributed by atoms with van der Waals surface area (Å²) in [5, 5.41) is 25.4. The van der Waals surface area contributed by atoms with Crippen molar-refractivity contribution in [3.8, 4) is 16.3 Å². The Balaban J connectivity index is 1.41. The van der Waals surface area contributed by atoms with Gasteiger partial charge in [-0.1, -0.05) is 35.6 Å². The first kappa shape index (κ1) is 18.6. The van der Waals surface area contributed by atoms with E-state index in [4.69, 9.17) is 0 Å². The maximum absolute atomic E-state index is 12.5. The summed E-state index contributed by atoms with van der Waals surface area (Å²) >= 11 is 1.27. The lowest BCUT2D eigenvalue weighted by Crippen LogP contribution is -2.12. The van der Waals surface area contributed by atoms with Crippen LogP contribution in [0.15, 0.2) is 73.1 Å². The Bertz CT molecular complexity index is 1120. The number of nitrogens with one attached hydrogen (secondary N) is 2. The monoisotopic (exact) mass is 403 g/mol. The standard InChI is InChI=1S/C21H17N5O2S/c27-18-12-15(6-7-16(18)13-23-17-4-2-1-3-5-17)19(28)24-21-26-25-20(29-21)14-8-10-22-11-9-14/h1-12,23,27H,13H2,(H,24,26,28). The molecular formula is C21H17N5O2S. The average molecular weight is 403 g/mol. The Morgan fingerprint density at radius 1 is 1.00 bits per heavy atom. The number of aromatic hydroxyl groups is 1. The van der Waals surface area contributed by atoms with E-state index in [0.29, 0.717) is 27.8 Å². The summed E-state index contributed by atoms with van der Waals surface area (Å²) < 4.78 is 0. The molecule has 0 spiro atoms. The van der Waals surface area contributed by atoms with Crippen molar-refractivity contribution >= 4 is 28.1 Å². The molecule has 144 valence electrons. The summed E-state index contributed by atoms with van der Waals surface area (Å²) in [6.45, 7) is 0.448. The number of phenolic OH excluding ortho intramolecular Hbond substituents is 1. The molecule has 0 saturated carbocycles. The highest BCUT2D eigenvalue weighted by Gasteiger charge is 2.13. The lowest BCUT2D eigenvalue weighted by atomic mass is 10.1. The minimum absolute atomic E-state index is 0.0517. The minimum Gasteiger partial charge on any atom is -0.508 e.